The van der Waals surface area contributed by atoms with Gasteiger partial charge in [0.2, 0.25) is 10.0 Å². The number of nitrogens with zero attached hydrogens (tertiary/aromatic N) is 1. The van der Waals surface area contributed by atoms with Crippen molar-refractivity contribution in [3.63, 3.8) is 0 Å². The van der Waals surface area contributed by atoms with Gasteiger partial charge in [0.05, 0.1) is 23.6 Å². The molecule has 2 heterocycles. The molecule has 2 aliphatic heterocycles. The SMILES string of the molecule is CCC1(CC)C[C@H](NC(=O)c2cc(S(=O)(=O)N3CCCCC3)ccc2OC)c2ccccc2O1. The number of rotatable bonds is 7. The average Bonchev–Trinajstić information content (AvgIpc) is 2.88. The third-order valence-corrected chi connectivity index (χ3v) is 9.05. The van der Waals surface area contributed by atoms with Crippen molar-refractivity contribution < 1.29 is 22.7 Å². The number of sulfonamides is 1. The van der Waals surface area contributed by atoms with Crippen molar-refractivity contribution in [1.29, 1.82) is 0 Å². The lowest BCUT2D eigenvalue weighted by molar-refractivity contribution is 0.0227. The van der Waals surface area contributed by atoms with E-state index in [4.69, 9.17) is 9.47 Å². The summed E-state index contributed by atoms with van der Waals surface area (Å²) in [5, 5.41) is 3.14. The first-order valence-corrected chi connectivity index (χ1v) is 13.5. The first kappa shape index (κ1) is 24.5. The zero-order chi connectivity index (χ0) is 24.3. The molecule has 0 aromatic heterocycles. The van der Waals surface area contributed by atoms with Gasteiger partial charge in [-0.05, 0) is 49.9 Å². The van der Waals surface area contributed by atoms with Gasteiger partial charge in [0.25, 0.3) is 5.91 Å². The summed E-state index contributed by atoms with van der Waals surface area (Å²) in [6, 6.07) is 12.0. The van der Waals surface area contributed by atoms with Crippen LogP contribution in [0.3, 0.4) is 0 Å². The van der Waals surface area contributed by atoms with Crippen LogP contribution >= 0.6 is 0 Å². The van der Waals surface area contributed by atoms with E-state index < -0.39 is 10.0 Å². The molecule has 0 bridgehead atoms. The van der Waals surface area contributed by atoms with E-state index in [0.717, 1.165) is 43.4 Å². The molecule has 2 aromatic carbocycles. The first-order chi connectivity index (χ1) is 16.3. The van der Waals surface area contributed by atoms with Crippen LogP contribution in [0.1, 0.15) is 74.3 Å². The largest absolute Gasteiger partial charge is 0.496 e. The van der Waals surface area contributed by atoms with Crippen molar-refractivity contribution in [1.82, 2.24) is 9.62 Å². The Hall–Kier alpha value is -2.58. The lowest BCUT2D eigenvalue weighted by Gasteiger charge is -2.41. The molecule has 2 aromatic rings. The topological polar surface area (TPSA) is 84.9 Å². The Morgan fingerprint density at radius 1 is 1.12 bits per heavy atom. The molecule has 0 aliphatic carbocycles. The molecule has 1 atom stereocenters. The maximum Gasteiger partial charge on any atom is 0.255 e. The third kappa shape index (κ3) is 4.66. The van der Waals surface area contributed by atoms with Crippen LogP contribution < -0.4 is 14.8 Å². The van der Waals surface area contributed by atoms with E-state index >= 15 is 0 Å². The van der Waals surface area contributed by atoms with Gasteiger partial charge >= 0.3 is 0 Å². The van der Waals surface area contributed by atoms with Crippen molar-refractivity contribution in [2.24, 2.45) is 0 Å². The molecule has 1 N–H and O–H groups in total. The normalized spacial score (nSPS) is 20.1. The molecule has 34 heavy (non-hydrogen) atoms. The Morgan fingerprint density at radius 2 is 1.82 bits per heavy atom. The highest BCUT2D eigenvalue weighted by Crippen LogP contribution is 2.43. The lowest BCUT2D eigenvalue weighted by Crippen LogP contribution is -2.44. The van der Waals surface area contributed by atoms with E-state index in [9.17, 15) is 13.2 Å². The molecule has 1 saturated heterocycles. The van der Waals surface area contributed by atoms with Crippen LogP contribution in [0.4, 0.5) is 0 Å². The summed E-state index contributed by atoms with van der Waals surface area (Å²) in [4.78, 5) is 13.6. The van der Waals surface area contributed by atoms with Gasteiger partial charge in [-0.1, -0.05) is 38.5 Å². The van der Waals surface area contributed by atoms with E-state index in [1.54, 1.807) is 6.07 Å². The standard InChI is InChI=1S/C26H34N2O5S/c1-4-26(5-2)18-22(20-11-7-8-12-24(20)33-26)27-25(29)21-17-19(13-14-23(21)32-3)34(30,31)28-15-9-6-10-16-28/h7-8,11-14,17,22H,4-6,9-10,15-16,18H2,1-3H3,(H,27,29)/t22-/m0/s1. The molecule has 184 valence electrons. The number of fused-ring (bicyclic) bond motifs is 1. The van der Waals surface area contributed by atoms with Gasteiger partial charge in [-0.3, -0.25) is 4.79 Å². The zero-order valence-electron chi connectivity index (χ0n) is 20.2. The van der Waals surface area contributed by atoms with Crippen LogP contribution in [0, 0.1) is 0 Å². The van der Waals surface area contributed by atoms with E-state index in [-0.39, 0.29) is 28.0 Å². The van der Waals surface area contributed by atoms with Crippen LogP contribution in [0.2, 0.25) is 0 Å². The van der Waals surface area contributed by atoms with Gasteiger partial charge in [0.1, 0.15) is 17.1 Å². The average molecular weight is 487 g/mol. The molecule has 0 spiro atoms. The number of carbonyl (C=O) groups excluding carboxylic acids is 1. The van der Waals surface area contributed by atoms with E-state index in [0.29, 0.717) is 25.3 Å². The van der Waals surface area contributed by atoms with Gasteiger partial charge in [0.15, 0.2) is 0 Å². The number of nitrogens with one attached hydrogen (secondary N) is 1. The number of amides is 1. The number of ether oxygens (including phenoxy) is 2. The minimum Gasteiger partial charge on any atom is -0.496 e. The van der Waals surface area contributed by atoms with E-state index in [2.05, 4.69) is 19.2 Å². The zero-order valence-corrected chi connectivity index (χ0v) is 21.0. The van der Waals surface area contributed by atoms with E-state index in [1.807, 2.05) is 24.3 Å². The van der Waals surface area contributed by atoms with Crippen molar-refractivity contribution in [3.8, 4) is 11.5 Å². The smallest absolute Gasteiger partial charge is 0.255 e. The predicted molar refractivity (Wildman–Crippen MR) is 131 cm³/mol. The van der Waals surface area contributed by atoms with Crippen LogP contribution in [-0.4, -0.2) is 44.4 Å². The van der Waals surface area contributed by atoms with Crippen LogP contribution in [0.15, 0.2) is 47.4 Å². The van der Waals surface area contributed by atoms with Crippen LogP contribution in [-0.2, 0) is 10.0 Å². The highest BCUT2D eigenvalue weighted by molar-refractivity contribution is 7.89. The van der Waals surface area contributed by atoms with Gasteiger partial charge in [-0.2, -0.15) is 4.31 Å². The molecule has 4 rings (SSSR count). The molecule has 0 saturated carbocycles. The summed E-state index contributed by atoms with van der Waals surface area (Å²) >= 11 is 0. The van der Waals surface area contributed by atoms with Crippen molar-refractivity contribution >= 4 is 15.9 Å². The lowest BCUT2D eigenvalue weighted by atomic mass is 9.83. The summed E-state index contributed by atoms with van der Waals surface area (Å²) in [5.74, 6) is 0.749. The van der Waals surface area contributed by atoms with Gasteiger partial charge < -0.3 is 14.8 Å². The Labute approximate surface area is 202 Å². The highest BCUT2D eigenvalue weighted by Gasteiger charge is 2.39. The Balaban J connectivity index is 1.66. The number of piperidine rings is 1. The molecule has 1 fully saturated rings. The molecular formula is C26H34N2O5S. The Morgan fingerprint density at radius 3 is 2.50 bits per heavy atom. The fraction of sp³-hybridized carbons (Fsp3) is 0.500. The van der Waals surface area contributed by atoms with Gasteiger partial charge in [-0.15, -0.1) is 0 Å². The fourth-order valence-corrected chi connectivity index (χ4v) is 6.49. The van der Waals surface area contributed by atoms with Crippen LogP contribution in [0.25, 0.3) is 0 Å². The molecule has 1 amide bonds. The Bertz CT molecular complexity index is 1140. The molecule has 0 radical (unpaired) electrons. The summed E-state index contributed by atoms with van der Waals surface area (Å²) in [5.41, 5.74) is 0.767. The third-order valence-electron chi connectivity index (χ3n) is 7.16. The summed E-state index contributed by atoms with van der Waals surface area (Å²) < 4.78 is 39.7. The fourth-order valence-electron chi connectivity index (χ4n) is 4.95. The molecule has 2 aliphatic rings. The molecule has 0 unspecified atom stereocenters. The second-order valence-corrected chi connectivity index (χ2v) is 11.0. The maximum atomic E-state index is 13.5. The summed E-state index contributed by atoms with van der Waals surface area (Å²) in [6.45, 7) is 5.19. The molecular weight excluding hydrogens is 452 g/mol. The number of methoxy groups -OCH3 is 1. The summed E-state index contributed by atoms with van der Waals surface area (Å²) in [6.07, 6.45) is 5.00. The second-order valence-electron chi connectivity index (χ2n) is 9.09. The number of para-hydroxylation sites is 1. The first-order valence-electron chi connectivity index (χ1n) is 12.1. The van der Waals surface area contributed by atoms with Crippen molar-refractivity contribution in [2.45, 2.75) is 68.9 Å². The highest BCUT2D eigenvalue weighted by atomic mass is 32.2. The predicted octanol–water partition coefficient (Wildman–Crippen LogP) is 4.68. The second kappa shape index (κ2) is 9.96. The number of hydrogen-bond acceptors (Lipinski definition) is 5. The number of hydrogen-bond donors (Lipinski definition) is 1. The minimum atomic E-state index is -3.67. The van der Waals surface area contributed by atoms with Gasteiger partial charge in [0, 0.05) is 25.1 Å². The quantitative estimate of drug-likeness (QED) is 0.614. The van der Waals surface area contributed by atoms with Crippen molar-refractivity contribution in [3.05, 3.63) is 53.6 Å². The number of carbonyl (C=O) groups is 1. The Kier molecular flexibility index (Phi) is 7.19. The molecule has 7 nitrogen and oxygen atoms in total. The monoisotopic (exact) mass is 486 g/mol. The maximum absolute atomic E-state index is 13.5. The van der Waals surface area contributed by atoms with E-state index in [1.165, 1.54) is 23.5 Å². The van der Waals surface area contributed by atoms with Crippen LogP contribution in [0.5, 0.6) is 11.5 Å². The minimum absolute atomic E-state index is 0.115. The summed E-state index contributed by atoms with van der Waals surface area (Å²) in [7, 11) is -2.19. The number of benzene rings is 2. The van der Waals surface area contributed by atoms with Crippen molar-refractivity contribution in [2.75, 3.05) is 20.2 Å². The molecule has 8 heteroatoms. The van der Waals surface area contributed by atoms with Gasteiger partial charge in [-0.25, -0.2) is 8.42 Å².